The minimum Gasteiger partial charge on any atom is -0.508 e. The van der Waals surface area contributed by atoms with Crippen LogP contribution < -0.4 is 10.2 Å². The Hall–Kier alpha value is -4.77. The second kappa shape index (κ2) is 15.5. The van der Waals surface area contributed by atoms with Crippen molar-refractivity contribution >= 4 is 23.4 Å². The van der Waals surface area contributed by atoms with Crippen LogP contribution >= 0.6 is 0 Å². The molecule has 0 saturated carbocycles. The molecule has 5 fully saturated rings. The molecular formula is C51H58N4O6. The first-order valence-corrected chi connectivity index (χ1v) is 23.0. The fourth-order valence-electron chi connectivity index (χ4n) is 12.7. The molecule has 0 bridgehead atoms. The summed E-state index contributed by atoms with van der Waals surface area (Å²) in [6, 6.07) is 25.6. The largest absolute Gasteiger partial charge is 0.508 e. The number of aromatic hydroxyl groups is 1. The molecule has 61 heavy (non-hydrogen) atoms. The van der Waals surface area contributed by atoms with Crippen molar-refractivity contribution in [1.29, 1.82) is 0 Å². The Kier molecular flexibility index (Phi) is 9.96. The first-order valence-electron chi connectivity index (χ1n) is 23.0. The summed E-state index contributed by atoms with van der Waals surface area (Å²) in [5.74, 6) is 1.04. The van der Waals surface area contributed by atoms with Crippen molar-refractivity contribution in [3.63, 3.8) is 0 Å². The number of anilines is 1. The van der Waals surface area contributed by atoms with Crippen molar-refractivity contribution in [3.8, 4) is 5.75 Å². The van der Waals surface area contributed by atoms with Gasteiger partial charge in [0.25, 0.3) is 5.91 Å². The van der Waals surface area contributed by atoms with Gasteiger partial charge >= 0.3 is 0 Å². The topological polar surface area (TPSA) is 112 Å². The van der Waals surface area contributed by atoms with Crippen LogP contribution in [-0.4, -0.2) is 103 Å². The highest BCUT2D eigenvalue weighted by Crippen LogP contribution is 2.53. The Balaban J connectivity index is 0.664. The third kappa shape index (κ3) is 7.03. The molecule has 2 aliphatic carbocycles. The Labute approximate surface area is 358 Å². The van der Waals surface area contributed by atoms with E-state index in [1.54, 1.807) is 4.90 Å². The minimum atomic E-state index is -0.602. The van der Waals surface area contributed by atoms with Gasteiger partial charge in [-0.1, -0.05) is 60.7 Å². The predicted molar refractivity (Wildman–Crippen MR) is 232 cm³/mol. The van der Waals surface area contributed by atoms with Gasteiger partial charge in [-0.2, -0.15) is 0 Å². The molecule has 6 atom stereocenters. The van der Waals surface area contributed by atoms with Gasteiger partial charge in [0, 0.05) is 61.1 Å². The Morgan fingerprint density at radius 3 is 2.38 bits per heavy atom. The number of phenols is 1. The Morgan fingerprint density at radius 1 is 0.820 bits per heavy atom. The maximum absolute atomic E-state index is 13.4. The number of ether oxygens (including phenoxy) is 2. The van der Waals surface area contributed by atoms with Crippen LogP contribution in [0.1, 0.15) is 91.9 Å². The van der Waals surface area contributed by atoms with Crippen LogP contribution in [0.4, 0.5) is 5.69 Å². The fraction of sp³-hybridized carbons (Fsp3) is 0.510. The van der Waals surface area contributed by atoms with E-state index in [1.807, 2.05) is 18.2 Å². The number of carbonyl (C=O) groups excluding carboxylic acids is 3. The smallest absolute Gasteiger partial charge is 0.254 e. The lowest BCUT2D eigenvalue weighted by atomic mass is 9.66. The van der Waals surface area contributed by atoms with Crippen molar-refractivity contribution < 1.29 is 29.0 Å². The first kappa shape index (κ1) is 39.1. The van der Waals surface area contributed by atoms with Crippen molar-refractivity contribution in [2.45, 2.75) is 93.8 Å². The van der Waals surface area contributed by atoms with Gasteiger partial charge in [-0.05, 0) is 135 Å². The number of piperidine rings is 3. The number of phenolic OH excluding ortho intramolecular Hbond substituents is 1. The second-order valence-electron chi connectivity index (χ2n) is 19.5. The number of fused-ring (bicyclic) bond motifs is 4. The van der Waals surface area contributed by atoms with Crippen LogP contribution in [0.5, 0.6) is 5.75 Å². The van der Waals surface area contributed by atoms with Crippen LogP contribution in [0.15, 0.2) is 96.1 Å². The van der Waals surface area contributed by atoms with E-state index in [0.717, 1.165) is 89.8 Å². The van der Waals surface area contributed by atoms with Gasteiger partial charge in [0.05, 0.1) is 24.9 Å². The summed E-state index contributed by atoms with van der Waals surface area (Å²) in [6.45, 7) is 7.15. The number of hydrogen-bond acceptors (Lipinski definition) is 8. The van der Waals surface area contributed by atoms with Crippen molar-refractivity contribution in [2.24, 2.45) is 17.3 Å². The monoisotopic (exact) mass is 822 g/mol. The number of hydrogen-bond donors (Lipinski definition) is 2. The lowest BCUT2D eigenvalue weighted by molar-refractivity contribution is -0.142. The number of likely N-dealkylation sites (tertiary alicyclic amines) is 1. The summed E-state index contributed by atoms with van der Waals surface area (Å²) in [5, 5.41) is 12.7. The average Bonchev–Trinajstić information content (AvgIpc) is 3.82. The minimum absolute atomic E-state index is 0.00830. The molecule has 3 aromatic carbocycles. The first-order chi connectivity index (χ1) is 29.7. The third-order valence-corrected chi connectivity index (χ3v) is 16.3. The lowest BCUT2D eigenvalue weighted by Crippen LogP contribution is -2.53. The number of nitrogens with zero attached hydrogens (tertiary/aromatic N) is 3. The molecule has 8 aliphatic rings. The van der Waals surface area contributed by atoms with E-state index in [1.165, 1.54) is 34.4 Å². The summed E-state index contributed by atoms with van der Waals surface area (Å²) in [4.78, 5) is 44.7. The van der Waals surface area contributed by atoms with Crippen molar-refractivity contribution in [2.75, 3.05) is 57.4 Å². The predicted octanol–water partition coefficient (Wildman–Crippen LogP) is 6.63. The number of rotatable bonds is 6. The number of imide groups is 1. The highest BCUT2D eigenvalue weighted by molar-refractivity contribution is 6.06. The molecule has 0 radical (unpaired) electrons. The van der Waals surface area contributed by atoms with E-state index in [2.05, 4.69) is 81.9 Å². The molecular weight excluding hydrogens is 765 g/mol. The maximum Gasteiger partial charge on any atom is 0.254 e. The van der Waals surface area contributed by atoms with E-state index in [-0.39, 0.29) is 53.1 Å². The molecule has 3 aromatic rings. The highest BCUT2D eigenvalue weighted by atomic mass is 16.5. The summed E-state index contributed by atoms with van der Waals surface area (Å²) >= 11 is 0. The number of aryl methyl sites for hydroxylation is 1. The summed E-state index contributed by atoms with van der Waals surface area (Å²) < 4.78 is 13.4. The van der Waals surface area contributed by atoms with E-state index >= 15 is 0 Å². The molecule has 0 aromatic heterocycles. The van der Waals surface area contributed by atoms with Crippen LogP contribution in [0.25, 0.3) is 0 Å². The molecule has 10 heteroatoms. The number of nitrogens with one attached hydrogen (secondary N) is 1. The average molecular weight is 823 g/mol. The van der Waals surface area contributed by atoms with Crippen molar-refractivity contribution in [1.82, 2.24) is 15.1 Å². The molecule has 5 unspecified atom stereocenters. The van der Waals surface area contributed by atoms with E-state index < -0.39 is 6.04 Å². The molecule has 6 heterocycles. The third-order valence-electron chi connectivity index (χ3n) is 16.3. The number of amides is 3. The van der Waals surface area contributed by atoms with Crippen LogP contribution in [-0.2, 0) is 30.3 Å². The van der Waals surface area contributed by atoms with Gasteiger partial charge in [-0.3, -0.25) is 19.7 Å². The SMILES string of the molecule is O=C1CC[C@H](N2CC3=C(C=CC4C3OCC43CCN(CC4CCC5(CCN(c6ccc(C7c8ccc(O)cc8CCC7c7ccccc7)cc6)CC5)OC4)CC3)C2=O)C(=O)N1. The van der Waals surface area contributed by atoms with Crippen LogP contribution in [0.2, 0.25) is 0 Å². The van der Waals surface area contributed by atoms with Crippen molar-refractivity contribution in [3.05, 3.63) is 118 Å². The van der Waals surface area contributed by atoms with Gasteiger partial charge in [-0.15, -0.1) is 0 Å². The standard InChI is InChI=1S/C51H58N4O6/c56-38-11-13-40-36(28-38)8-12-39(34-4-2-1-3-5-34)46(40)35-6-9-37(10-7-35)54-26-22-51(23-27-54)19-18-33(31-61-51)29-53-24-20-50(21-25-53)32-60-47-42-30-55(44-16-17-45(57)52-48(44)58)49(59)41(42)14-15-43(47)50/h1-7,9-11,13-15,28,33,39,43-44,46-47,56H,8,12,16-27,29-32H2,(H,52,57,58)/t33?,39?,43?,44-,46?,47?/m0/s1. The fourth-order valence-corrected chi connectivity index (χ4v) is 12.7. The quantitative estimate of drug-likeness (QED) is 0.267. The van der Waals surface area contributed by atoms with Gasteiger partial charge in [0.1, 0.15) is 11.8 Å². The van der Waals surface area contributed by atoms with Crippen LogP contribution in [0.3, 0.4) is 0 Å². The normalized spacial score (nSPS) is 30.7. The maximum atomic E-state index is 13.4. The van der Waals surface area contributed by atoms with Gasteiger partial charge in [-0.25, -0.2) is 0 Å². The zero-order valence-electron chi connectivity index (χ0n) is 35.1. The molecule has 6 aliphatic heterocycles. The number of benzene rings is 3. The van der Waals surface area contributed by atoms with E-state index in [9.17, 15) is 19.5 Å². The molecule has 318 valence electrons. The second-order valence-corrected chi connectivity index (χ2v) is 19.5. The molecule has 2 spiro atoms. The molecule has 5 saturated heterocycles. The molecule has 3 amide bonds. The van der Waals surface area contributed by atoms with Gasteiger partial charge in [0.15, 0.2) is 0 Å². The zero-order chi connectivity index (χ0) is 41.3. The number of carbonyl (C=O) groups is 3. The van der Waals surface area contributed by atoms with Gasteiger partial charge < -0.3 is 29.3 Å². The molecule has 10 nitrogen and oxygen atoms in total. The van der Waals surface area contributed by atoms with Gasteiger partial charge in [0.2, 0.25) is 11.8 Å². The van der Waals surface area contributed by atoms with E-state index in [0.29, 0.717) is 42.7 Å². The summed E-state index contributed by atoms with van der Waals surface area (Å²) in [5.41, 5.74) is 8.37. The van der Waals surface area contributed by atoms with E-state index in [4.69, 9.17) is 9.47 Å². The zero-order valence-corrected chi connectivity index (χ0v) is 35.1. The summed E-state index contributed by atoms with van der Waals surface area (Å²) in [6.07, 6.45) is 13.4. The van der Waals surface area contributed by atoms with Crippen LogP contribution in [0, 0.1) is 17.3 Å². The Morgan fingerprint density at radius 2 is 1.62 bits per heavy atom. The highest BCUT2D eigenvalue weighted by Gasteiger charge is 2.55. The summed E-state index contributed by atoms with van der Waals surface area (Å²) in [7, 11) is 0. The molecule has 2 N–H and O–H groups in total. The molecule has 11 rings (SSSR count). The Bertz CT molecular complexity index is 2240. The lowest BCUT2D eigenvalue weighted by Gasteiger charge is -2.48.